The fourth-order valence-electron chi connectivity index (χ4n) is 1.45. The van der Waals surface area contributed by atoms with Crippen molar-refractivity contribution in [2.45, 2.75) is 19.3 Å². The van der Waals surface area contributed by atoms with E-state index in [0.29, 0.717) is 6.54 Å². The minimum absolute atomic E-state index is 0.199. The number of hydrogen-bond donors (Lipinski definition) is 1. The van der Waals surface area contributed by atoms with Gasteiger partial charge in [0.15, 0.2) is 0 Å². The Labute approximate surface area is 74.1 Å². The van der Waals surface area contributed by atoms with Crippen molar-refractivity contribution in [3.05, 3.63) is 0 Å². The molecule has 1 fully saturated rings. The van der Waals surface area contributed by atoms with Crippen LogP contribution >= 0.6 is 0 Å². The van der Waals surface area contributed by atoms with Crippen molar-refractivity contribution in [1.29, 1.82) is 0 Å². The number of nitrogens with zero attached hydrogens (tertiary/aromatic N) is 1. The molecule has 1 saturated carbocycles. The molecule has 0 unspecified atom stereocenters. The fraction of sp³-hybridized carbons (Fsp3) is 0.889. The van der Waals surface area contributed by atoms with Crippen molar-refractivity contribution in [3.8, 4) is 0 Å². The Bertz CT molecular complexity index is 155. The van der Waals surface area contributed by atoms with E-state index >= 15 is 0 Å². The van der Waals surface area contributed by atoms with Crippen LogP contribution in [0.3, 0.4) is 0 Å². The lowest BCUT2D eigenvalue weighted by molar-refractivity contribution is -0.129. The van der Waals surface area contributed by atoms with Gasteiger partial charge in [0.2, 0.25) is 5.91 Å². The summed E-state index contributed by atoms with van der Waals surface area (Å²) in [4.78, 5) is 13.1. The molecule has 0 radical (unpaired) electrons. The van der Waals surface area contributed by atoms with Gasteiger partial charge in [-0.2, -0.15) is 0 Å². The number of carbonyl (C=O) groups excluding carboxylic acids is 1. The Morgan fingerprint density at radius 3 is 2.67 bits per heavy atom. The van der Waals surface area contributed by atoms with Crippen molar-refractivity contribution in [2.75, 3.05) is 27.2 Å². The first-order valence-electron chi connectivity index (χ1n) is 4.62. The summed E-state index contributed by atoms with van der Waals surface area (Å²) in [6.07, 6.45) is 3.95. The monoisotopic (exact) mass is 170 g/mol. The van der Waals surface area contributed by atoms with Gasteiger partial charge in [0.25, 0.3) is 0 Å². The molecule has 1 amide bonds. The molecule has 0 aromatic rings. The zero-order valence-corrected chi connectivity index (χ0v) is 7.97. The second-order valence-corrected chi connectivity index (χ2v) is 3.60. The highest BCUT2D eigenvalue weighted by Gasteiger charge is 2.20. The van der Waals surface area contributed by atoms with E-state index in [1.54, 1.807) is 7.05 Å². The average molecular weight is 170 g/mol. The third-order valence-corrected chi connectivity index (χ3v) is 2.51. The Hall–Kier alpha value is -0.570. The number of hydrogen-bond acceptors (Lipinski definition) is 2. The number of likely N-dealkylation sites (N-methyl/N-ethyl adjacent to an activating group) is 2. The summed E-state index contributed by atoms with van der Waals surface area (Å²) < 4.78 is 0. The van der Waals surface area contributed by atoms with Crippen molar-refractivity contribution < 1.29 is 4.79 Å². The van der Waals surface area contributed by atoms with E-state index in [0.717, 1.165) is 12.5 Å². The van der Waals surface area contributed by atoms with Crippen molar-refractivity contribution >= 4 is 5.91 Å². The first-order valence-corrected chi connectivity index (χ1v) is 4.62. The number of amides is 1. The van der Waals surface area contributed by atoms with Gasteiger partial charge in [-0.05, 0) is 25.8 Å². The van der Waals surface area contributed by atoms with E-state index in [-0.39, 0.29) is 5.91 Å². The van der Waals surface area contributed by atoms with Crippen LogP contribution in [0.1, 0.15) is 19.3 Å². The molecule has 1 N–H and O–H groups in total. The number of carbonyl (C=O) groups is 1. The third-order valence-electron chi connectivity index (χ3n) is 2.51. The van der Waals surface area contributed by atoms with Crippen LogP contribution < -0.4 is 5.32 Å². The topological polar surface area (TPSA) is 32.3 Å². The maximum absolute atomic E-state index is 11.3. The molecule has 70 valence electrons. The molecule has 0 aromatic carbocycles. The molecule has 0 heterocycles. The van der Waals surface area contributed by atoms with Crippen LogP contribution in [0, 0.1) is 5.92 Å². The first kappa shape index (κ1) is 9.52. The summed E-state index contributed by atoms with van der Waals surface area (Å²) >= 11 is 0. The molecular formula is C9H18N2O. The highest BCUT2D eigenvalue weighted by molar-refractivity contribution is 5.77. The van der Waals surface area contributed by atoms with Crippen LogP contribution in [0.15, 0.2) is 0 Å². The lowest BCUT2D eigenvalue weighted by Crippen LogP contribution is -2.38. The summed E-state index contributed by atoms with van der Waals surface area (Å²) in [6, 6.07) is 0. The van der Waals surface area contributed by atoms with Crippen LogP contribution in [0.2, 0.25) is 0 Å². The molecule has 3 heteroatoms. The zero-order valence-electron chi connectivity index (χ0n) is 7.97. The zero-order chi connectivity index (χ0) is 8.97. The summed E-state index contributed by atoms with van der Waals surface area (Å²) in [5.74, 6) is 0.972. The number of nitrogens with one attached hydrogen (secondary N) is 1. The molecule has 0 aliphatic heterocycles. The molecule has 0 atom stereocenters. The predicted octanol–water partition coefficient (Wildman–Crippen LogP) is 0.464. The second kappa shape index (κ2) is 4.45. The lowest BCUT2D eigenvalue weighted by Gasteiger charge is -2.30. The minimum Gasteiger partial charge on any atom is -0.344 e. The van der Waals surface area contributed by atoms with Gasteiger partial charge < -0.3 is 10.2 Å². The third kappa shape index (κ3) is 2.48. The molecule has 0 bridgehead atoms. The SMILES string of the molecule is CNCC(=O)N(C)CC1CCC1. The quantitative estimate of drug-likeness (QED) is 0.665. The Kier molecular flexibility index (Phi) is 3.53. The second-order valence-electron chi connectivity index (χ2n) is 3.60. The Morgan fingerprint density at radius 2 is 2.25 bits per heavy atom. The highest BCUT2D eigenvalue weighted by atomic mass is 16.2. The van der Waals surface area contributed by atoms with Gasteiger partial charge in [0.05, 0.1) is 6.54 Å². The van der Waals surface area contributed by atoms with Crippen molar-refractivity contribution in [3.63, 3.8) is 0 Å². The maximum atomic E-state index is 11.3. The van der Waals surface area contributed by atoms with Crippen LogP contribution in [-0.2, 0) is 4.79 Å². The first-order chi connectivity index (χ1) is 5.74. The summed E-state index contributed by atoms with van der Waals surface area (Å²) in [7, 11) is 3.69. The van der Waals surface area contributed by atoms with Gasteiger partial charge in [0.1, 0.15) is 0 Å². The molecule has 0 spiro atoms. The highest BCUT2D eigenvalue weighted by Crippen LogP contribution is 2.26. The van der Waals surface area contributed by atoms with Crippen LogP contribution in [0.25, 0.3) is 0 Å². The summed E-state index contributed by atoms with van der Waals surface area (Å²) in [5, 5.41) is 2.87. The molecule has 1 rings (SSSR count). The molecular weight excluding hydrogens is 152 g/mol. The van der Waals surface area contributed by atoms with Gasteiger partial charge in [-0.25, -0.2) is 0 Å². The molecule has 1 aliphatic rings. The molecule has 3 nitrogen and oxygen atoms in total. The predicted molar refractivity (Wildman–Crippen MR) is 48.9 cm³/mol. The van der Waals surface area contributed by atoms with Crippen LogP contribution in [0.5, 0.6) is 0 Å². The minimum atomic E-state index is 0.199. The van der Waals surface area contributed by atoms with E-state index in [4.69, 9.17) is 0 Å². The molecule has 0 aromatic heterocycles. The lowest BCUT2D eigenvalue weighted by atomic mass is 9.85. The van der Waals surface area contributed by atoms with Crippen LogP contribution in [-0.4, -0.2) is 38.0 Å². The van der Waals surface area contributed by atoms with Gasteiger partial charge >= 0.3 is 0 Å². The van der Waals surface area contributed by atoms with E-state index in [1.165, 1.54) is 19.3 Å². The number of rotatable bonds is 4. The Morgan fingerprint density at radius 1 is 1.58 bits per heavy atom. The van der Waals surface area contributed by atoms with E-state index < -0.39 is 0 Å². The van der Waals surface area contributed by atoms with Crippen molar-refractivity contribution in [1.82, 2.24) is 10.2 Å². The molecule has 1 aliphatic carbocycles. The van der Waals surface area contributed by atoms with Gasteiger partial charge in [-0.3, -0.25) is 4.79 Å². The summed E-state index contributed by atoms with van der Waals surface area (Å²) in [5.41, 5.74) is 0. The van der Waals surface area contributed by atoms with Gasteiger partial charge in [-0.1, -0.05) is 6.42 Å². The molecule has 12 heavy (non-hydrogen) atoms. The van der Waals surface area contributed by atoms with E-state index in [1.807, 2.05) is 11.9 Å². The average Bonchev–Trinajstić information content (AvgIpc) is 1.97. The van der Waals surface area contributed by atoms with E-state index in [2.05, 4.69) is 5.32 Å². The fourth-order valence-corrected chi connectivity index (χ4v) is 1.45. The van der Waals surface area contributed by atoms with Gasteiger partial charge in [0, 0.05) is 13.6 Å². The smallest absolute Gasteiger partial charge is 0.236 e. The van der Waals surface area contributed by atoms with Gasteiger partial charge in [-0.15, -0.1) is 0 Å². The van der Waals surface area contributed by atoms with Crippen molar-refractivity contribution in [2.24, 2.45) is 5.92 Å². The van der Waals surface area contributed by atoms with E-state index in [9.17, 15) is 4.79 Å². The normalized spacial score (nSPS) is 17.2. The standard InChI is InChI=1S/C9H18N2O/c1-10-6-9(12)11(2)7-8-4-3-5-8/h8,10H,3-7H2,1-2H3. The maximum Gasteiger partial charge on any atom is 0.236 e. The largest absolute Gasteiger partial charge is 0.344 e. The van der Waals surface area contributed by atoms with Crippen LogP contribution in [0.4, 0.5) is 0 Å². The molecule has 0 saturated heterocycles. The summed E-state index contributed by atoms with van der Waals surface area (Å²) in [6.45, 7) is 1.41. The Balaban J connectivity index is 2.16.